The Morgan fingerprint density at radius 2 is 1.06 bits per heavy atom. The molecule has 0 saturated heterocycles. The molecular formula is C51H36N2O. The van der Waals surface area contributed by atoms with Crippen LogP contribution in [-0.2, 0) is 5.41 Å². The maximum Gasteiger partial charge on any atom is 0.159 e. The highest BCUT2D eigenvalue weighted by molar-refractivity contribution is 6.11. The van der Waals surface area contributed by atoms with Crippen LogP contribution in [0.25, 0.3) is 71.7 Å². The largest absolute Gasteiger partial charge is 0.454 e. The zero-order valence-corrected chi connectivity index (χ0v) is 30.1. The van der Waals surface area contributed by atoms with Gasteiger partial charge in [0.05, 0.1) is 16.7 Å². The molecule has 1 aliphatic carbocycles. The van der Waals surface area contributed by atoms with Crippen LogP contribution in [0.5, 0.6) is 0 Å². The molecule has 2 heterocycles. The second-order valence-electron chi connectivity index (χ2n) is 15.0. The number of rotatable bonds is 5. The second kappa shape index (κ2) is 11.6. The lowest BCUT2D eigenvalue weighted by atomic mass is 9.81. The van der Waals surface area contributed by atoms with E-state index in [9.17, 15) is 0 Å². The third-order valence-electron chi connectivity index (χ3n) is 11.6. The van der Waals surface area contributed by atoms with Crippen LogP contribution in [0.15, 0.2) is 186 Å². The number of aromatic nitrogens is 1. The molecule has 0 spiro atoms. The van der Waals surface area contributed by atoms with Crippen LogP contribution in [0.4, 0.5) is 17.1 Å². The van der Waals surface area contributed by atoms with Gasteiger partial charge < -0.3 is 13.9 Å². The Morgan fingerprint density at radius 3 is 1.80 bits per heavy atom. The molecule has 0 radical (unpaired) electrons. The van der Waals surface area contributed by atoms with Gasteiger partial charge in [0.1, 0.15) is 5.58 Å². The number of furan rings is 1. The molecule has 0 bridgehead atoms. The zero-order valence-electron chi connectivity index (χ0n) is 30.1. The van der Waals surface area contributed by atoms with Gasteiger partial charge in [-0.1, -0.05) is 129 Å². The third kappa shape index (κ3) is 4.48. The predicted molar refractivity (Wildman–Crippen MR) is 226 cm³/mol. The smallest absolute Gasteiger partial charge is 0.159 e. The summed E-state index contributed by atoms with van der Waals surface area (Å²) in [6, 6.07) is 65.8. The van der Waals surface area contributed by atoms with Gasteiger partial charge in [0.25, 0.3) is 0 Å². The fraction of sp³-hybridized carbons (Fsp3) is 0.0588. The molecule has 1 aliphatic rings. The van der Waals surface area contributed by atoms with Crippen molar-refractivity contribution in [3.63, 3.8) is 0 Å². The van der Waals surface area contributed by atoms with Gasteiger partial charge in [-0.05, 0) is 100 Å². The summed E-state index contributed by atoms with van der Waals surface area (Å²) in [6.07, 6.45) is 0. The van der Waals surface area contributed by atoms with Crippen LogP contribution in [-0.4, -0.2) is 4.57 Å². The van der Waals surface area contributed by atoms with E-state index in [2.05, 4.69) is 199 Å². The van der Waals surface area contributed by atoms with E-state index in [0.29, 0.717) is 0 Å². The molecule has 10 aromatic rings. The van der Waals surface area contributed by atoms with Crippen LogP contribution in [0, 0.1) is 0 Å². The van der Waals surface area contributed by atoms with Gasteiger partial charge in [-0.2, -0.15) is 0 Å². The van der Waals surface area contributed by atoms with E-state index in [1.54, 1.807) is 0 Å². The summed E-state index contributed by atoms with van der Waals surface area (Å²) in [7, 11) is 0. The molecule has 0 N–H and O–H groups in total. The van der Waals surface area contributed by atoms with Crippen molar-refractivity contribution in [3.05, 3.63) is 193 Å². The first kappa shape index (κ1) is 30.8. The Hall–Kier alpha value is -6.84. The van der Waals surface area contributed by atoms with Crippen molar-refractivity contribution >= 4 is 60.8 Å². The Morgan fingerprint density at radius 1 is 0.463 bits per heavy atom. The van der Waals surface area contributed by atoms with Gasteiger partial charge in [-0.3, -0.25) is 0 Å². The highest BCUT2D eigenvalue weighted by Crippen LogP contribution is 2.52. The standard InChI is InChI=1S/C51H36N2O/c1-51(2)44-31-34(33-13-4-3-5-14-33)23-29-38(44)39-30-28-37(32-45(39)51)52(48-21-12-18-43-42-17-8-11-22-49(42)54-50(43)48)35-24-26-36(27-25-35)53-46-19-9-6-15-40(46)41-16-7-10-20-47(41)53/h3-32H,1-2H3. The van der Waals surface area contributed by atoms with E-state index >= 15 is 0 Å². The summed E-state index contributed by atoms with van der Waals surface area (Å²) in [5, 5.41) is 4.74. The van der Waals surface area contributed by atoms with Crippen molar-refractivity contribution in [1.82, 2.24) is 4.57 Å². The molecule has 3 nitrogen and oxygen atoms in total. The minimum atomic E-state index is -0.192. The molecular weight excluding hydrogens is 657 g/mol. The van der Waals surface area contributed by atoms with Gasteiger partial charge in [0.2, 0.25) is 0 Å². The highest BCUT2D eigenvalue weighted by atomic mass is 16.3. The molecule has 54 heavy (non-hydrogen) atoms. The molecule has 0 amide bonds. The number of nitrogens with zero attached hydrogens (tertiary/aromatic N) is 2. The van der Waals surface area contributed by atoms with Crippen molar-refractivity contribution in [2.24, 2.45) is 0 Å². The Kier molecular flexibility index (Phi) is 6.60. The lowest BCUT2D eigenvalue weighted by Gasteiger charge is -2.28. The number of benzene rings is 8. The number of fused-ring (bicyclic) bond motifs is 9. The number of para-hydroxylation sites is 4. The van der Waals surface area contributed by atoms with Crippen molar-refractivity contribution in [1.29, 1.82) is 0 Å². The minimum absolute atomic E-state index is 0.192. The normalized spacial score (nSPS) is 13.1. The molecule has 2 aromatic heterocycles. The van der Waals surface area contributed by atoms with Crippen LogP contribution >= 0.6 is 0 Å². The lowest BCUT2D eigenvalue weighted by molar-refractivity contribution is 0.660. The first-order valence-electron chi connectivity index (χ1n) is 18.7. The number of anilines is 3. The topological polar surface area (TPSA) is 21.3 Å². The average molecular weight is 693 g/mol. The zero-order chi connectivity index (χ0) is 36.0. The summed E-state index contributed by atoms with van der Waals surface area (Å²) >= 11 is 0. The van der Waals surface area contributed by atoms with E-state index in [1.165, 1.54) is 55.2 Å². The average Bonchev–Trinajstić information content (AvgIpc) is 3.85. The quantitative estimate of drug-likeness (QED) is 0.179. The van der Waals surface area contributed by atoms with Crippen LogP contribution in [0.1, 0.15) is 25.0 Å². The Bertz CT molecular complexity index is 3020. The summed E-state index contributed by atoms with van der Waals surface area (Å²) in [4.78, 5) is 2.37. The van der Waals surface area contributed by atoms with E-state index in [4.69, 9.17) is 4.42 Å². The van der Waals surface area contributed by atoms with Crippen LogP contribution in [0.2, 0.25) is 0 Å². The van der Waals surface area contributed by atoms with Crippen molar-refractivity contribution in [2.75, 3.05) is 4.90 Å². The molecule has 0 saturated carbocycles. The fourth-order valence-corrected chi connectivity index (χ4v) is 8.96. The number of hydrogen-bond acceptors (Lipinski definition) is 2. The van der Waals surface area contributed by atoms with E-state index in [0.717, 1.165) is 44.7 Å². The van der Waals surface area contributed by atoms with Crippen molar-refractivity contribution in [2.45, 2.75) is 19.3 Å². The van der Waals surface area contributed by atoms with Gasteiger partial charge in [0.15, 0.2) is 5.58 Å². The number of hydrogen-bond donors (Lipinski definition) is 0. The van der Waals surface area contributed by atoms with Gasteiger partial charge in [0, 0.05) is 44.0 Å². The molecule has 0 aliphatic heterocycles. The fourth-order valence-electron chi connectivity index (χ4n) is 8.96. The van der Waals surface area contributed by atoms with Crippen molar-refractivity contribution < 1.29 is 4.42 Å². The summed E-state index contributed by atoms with van der Waals surface area (Å²) in [5.41, 5.74) is 16.0. The Labute approximate surface area is 314 Å². The molecule has 3 heteroatoms. The molecule has 0 unspecified atom stereocenters. The molecule has 0 fully saturated rings. The van der Waals surface area contributed by atoms with E-state index < -0.39 is 0 Å². The van der Waals surface area contributed by atoms with Gasteiger partial charge >= 0.3 is 0 Å². The Balaban J connectivity index is 1.09. The summed E-state index contributed by atoms with van der Waals surface area (Å²) < 4.78 is 9.05. The summed E-state index contributed by atoms with van der Waals surface area (Å²) in [6.45, 7) is 4.72. The van der Waals surface area contributed by atoms with E-state index in [1.807, 2.05) is 6.07 Å². The molecule has 11 rings (SSSR count). The lowest BCUT2D eigenvalue weighted by Crippen LogP contribution is -2.16. The second-order valence-corrected chi connectivity index (χ2v) is 15.0. The third-order valence-corrected chi connectivity index (χ3v) is 11.6. The first-order valence-corrected chi connectivity index (χ1v) is 18.7. The molecule has 256 valence electrons. The monoisotopic (exact) mass is 692 g/mol. The minimum Gasteiger partial charge on any atom is -0.454 e. The molecule has 0 atom stereocenters. The maximum atomic E-state index is 6.68. The molecule has 8 aromatic carbocycles. The maximum absolute atomic E-state index is 6.68. The predicted octanol–water partition coefficient (Wildman–Crippen LogP) is 14.1. The van der Waals surface area contributed by atoms with E-state index in [-0.39, 0.29) is 5.41 Å². The van der Waals surface area contributed by atoms with Gasteiger partial charge in [-0.15, -0.1) is 0 Å². The van der Waals surface area contributed by atoms with Gasteiger partial charge in [-0.25, -0.2) is 0 Å². The highest BCUT2D eigenvalue weighted by Gasteiger charge is 2.36. The van der Waals surface area contributed by atoms with Crippen LogP contribution < -0.4 is 4.90 Å². The van der Waals surface area contributed by atoms with Crippen molar-refractivity contribution in [3.8, 4) is 27.9 Å². The summed E-state index contributed by atoms with van der Waals surface area (Å²) in [5.74, 6) is 0. The van der Waals surface area contributed by atoms with Crippen LogP contribution in [0.3, 0.4) is 0 Å². The SMILES string of the molecule is CC1(C)c2cc(-c3ccccc3)ccc2-c2ccc(N(c3ccc(-n4c5ccccc5c5ccccc54)cc3)c3cccc4c3oc3ccccc34)cc21. The first-order chi connectivity index (χ1) is 26.5.